The number of rotatable bonds is 5. The van der Waals surface area contributed by atoms with Crippen LogP contribution < -0.4 is 0 Å². The van der Waals surface area contributed by atoms with Gasteiger partial charge in [-0.05, 0) is 43.2 Å². The topological polar surface area (TPSA) is 40.6 Å². The number of halogens is 1. The minimum atomic E-state index is 0.0284. The van der Waals surface area contributed by atoms with Crippen LogP contribution in [0.3, 0.4) is 0 Å². The minimum Gasteiger partial charge on any atom is -0.342 e. The van der Waals surface area contributed by atoms with Gasteiger partial charge in [-0.3, -0.25) is 9.59 Å². The molecule has 0 radical (unpaired) electrons. The van der Waals surface area contributed by atoms with Crippen LogP contribution in [0.1, 0.15) is 38.7 Å². The number of amides is 2. The summed E-state index contributed by atoms with van der Waals surface area (Å²) in [5, 5.41) is 0.742. The van der Waals surface area contributed by atoms with E-state index in [0.717, 1.165) is 43.8 Å². The second-order valence-electron chi connectivity index (χ2n) is 7.48. The Kier molecular flexibility index (Phi) is 6.18. The Labute approximate surface area is 165 Å². The number of hydrogen-bond donors (Lipinski definition) is 0. The zero-order valence-corrected chi connectivity index (χ0v) is 17.1. The Morgan fingerprint density at radius 1 is 1.27 bits per heavy atom. The molecule has 6 heteroatoms. The molecule has 0 bridgehead atoms. The van der Waals surface area contributed by atoms with Crippen LogP contribution >= 0.6 is 23.4 Å². The van der Waals surface area contributed by atoms with Gasteiger partial charge in [-0.15, -0.1) is 11.8 Å². The normalized spacial score (nSPS) is 20.7. The lowest BCUT2D eigenvalue weighted by Gasteiger charge is -2.39. The predicted octanol–water partition coefficient (Wildman–Crippen LogP) is 3.82. The van der Waals surface area contributed by atoms with Gasteiger partial charge in [0.25, 0.3) is 0 Å². The van der Waals surface area contributed by atoms with Gasteiger partial charge in [0.05, 0.1) is 5.25 Å². The molecule has 2 amide bonds. The van der Waals surface area contributed by atoms with Gasteiger partial charge in [0.2, 0.25) is 11.8 Å². The van der Waals surface area contributed by atoms with Gasteiger partial charge in [-0.1, -0.05) is 30.7 Å². The fourth-order valence-corrected chi connectivity index (χ4v) is 4.97. The number of benzene rings is 1. The Bertz CT molecular complexity index is 656. The van der Waals surface area contributed by atoms with E-state index >= 15 is 0 Å². The Morgan fingerprint density at radius 3 is 2.54 bits per heavy atom. The largest absolute Gasteiger partial charge is 0.342 e. The molecule has 26 heavy (non-hydrogen) atoms. The van der Waals surface area contributed by atoms with Gasteiger partial charge in [0.1, 0.15) is 0 Å². The molecule has 0 N–H and O–H groups in total. The van der Waals surface area contributed by atoms with Crippen molar-refractivity contribution in [1.29, 1.82) is 0 Å². The van der Waals surface area contributed by atoms with Crippen molar-refractivity contribution in [3.63, 3.8) is 0 Å². The molecular weight excluding hydrogens is 368 g/mol. The molecule has 2 saturated heterocycles. The third-order valence-corrected chi connectivity index (χ3v) is 6.88. The van der Waals surface area contributed by atoms with Crippen LogP contribution in [0.5, 0.6) is 0 Å². The maximum Gasteiger partial charge on any atom is 0.235 e. The van der Waals surface area contributed by atoms with E-state index in [1.165, 1.54) is 0 Å². The molecule has 1 spiro atoms. The van der Waals surface area contributed by atoms with Crippen LogP contribution in [0.2, 0.25) is 5.02 Å². The SMILES string of the molecule is CCS[C@H](C)C(=O)N1CCC2(CC1)CC(=O)N(Cc1ccc(Cl)cc1)C2. The van der Waals surface area contributed by atoms with E-state index in [2.05, 4.69) is 6.92 Å². The third-order valence-electron chi connectivity index (χ3n) is 5.59. The van der Waals surface area contributed by atoms with Gasteiger partial charge < -0.3 is 9.80 Å². The predicted molar refractivity (Wildman–Crippen MR) is 107 cm³/mol. The number of thioether (sulfide) groups is 1. The molecule has 1 aromatic carbocycles. The van der Waals surface area contributed by atoms with Crippen molar-refractivity contribution in [1.82, 2.24) is 9.80 Å². The van der Waals surface area contributed by atoms with Crippen molar-refractivity contribution < 1.29 is 9.59 Å². The van der Waals surface area contributed by atoms with Gasteiger partial charge in [-0.2, -0.15) is 0 Å². The highest BCUT2D eigenvalue weighted by Crippen LogP contribution is 2.41. The Morgan fingerprint density at radius 2 is 1.92 bits per heavy atom. The third kappa shape index (κ3) is 4.37. The summed E-state index contributed by atoms with van der Waals surface area (Å²) < 4.78 is 0. The number of carbonyl (C=O) groups excluding carboxylic acids is 2. The summed E-state index contributed by atoms with van der Waals surface area (Å²) in [6, 6.07) is 7.70. The maximum atomic E-state index is 12.5. The lowest BCUT2D eigenvalue weighted by Crippen LogP contribution is -2.46. The van der Waals surface area contributed by atoms with E-state index in [0.29, 0.717) is 18.0 Å². The summed E-state index contributed by atoms with van der Waals surface area (Å²) in [7, 11) is 0. The zero-order valence-electron chi connectivity index (χ0n) is 15.5. The molecule has 1 aromatic rings. The first-order valence-electron chi connectivity index (χ1n) is 9.35. The molecule has 2 fully saturated rings. The van der Waals surface area contributed by atoms with Gasteiger partial charge in [-0.25, -0.2) is 0 Å². The van der Waals surface area contributed by atoms with Crippen molar-refractivity contribution >= 4 is 35.2 Å². The van der Waals surface area contributed by atoms with Crippen molar-refractivity contribution in [2.45, 2.75) is 44.9 Å². The molecule has 0 unspecified atom stereocenters. The minimum absolute atomic E-state index is 0.0284. The molecule has 142 valence electrons. The smallest absolute Gasteiger partial charge is 0.235 e. The van der Waals surface area contributed by atoms with E-state index in [4.69, 9.17) is 11.6 Å². The summed E-state index contributed by atoms with van der Waals surface area (Å²) >= 11 is 7.64. The molecular formula is C20H27ClN2O2S. The van der Waals surface area contributed by atoms with Crippen LogP contribution in [0.4, 0.5) is 0 Å². The number of nitrogens with zero attached hydrogens (tertiary/aromatic N) is 2. The average Bonchev–Trinajstić information content (AvgIpc) is 2.92. The van der Waals surface area contributed by atoms with Crippen LogP contribution in [0, 0.1) is 5.41 Å². The summed E-state index contributed by atoms with van der Waals surface area (Å²) in [6.45, 7) is 7.07. The van der Waals surface area contributed by atoms with E-state index in [1.54, 1.807) is 11.8 Å². The fraction of sp³-hybridized carbons (Fsp3) is 0.600. The summed E-state index contributed by atoms with van der Waals surface area (Å²) in [5.41, 5.74) is 1.15. The molecule has 1 atom stereocenters. The van der Waals surface area contributed by atoms with Gasteiger partial charge in [0, 0.05) is 43.0 Å². The van der Waals surface area contributed by atoms with Crippen LogP contribution in [0.15, 0.2) is 24.3 Å². The fourth-order valence-electron chi connectivity index (χ4n) is 4.05. The molecule has 0 aromatic heterocycles. The quantitative estimate of drug-likeness (QED) is 0.762. The van der Waals surface area contributed by atoms with Crippen molar-refractivity contribution in [2.75, 3.05) is 25.4 Å². The lowest BCUT2D eigenvalue weighted by molar-refractivity contribution is -0.132. The second-order valence-corrected chi connectivity index (χ2v) is 9.53. The molecule has 0 aliphatic carbocycles. The van der Waals surface area contributed by atoms with E-state index in [9.17, 15) is 9.59 Å². The van der Waals surface area contributed by atoms with Crippen LogP contribution in [0.25, 0.3) is 0 Å². The highest BCUT2D eigenvalue weighted by Gasteiger charge is 2.45. The van der Waals surface area contributed by atoms with Gasteiger partial charge in [0.15, 0.2) is 0 Å². The first-order chi connectivity index (χ1) is 12.4. The summed E-state index contributed by atoms with van der Waals surface area (Å²) in [6.07, 6.45) is 2.46. The molecule has 0 saturated carbocycles. The van der Waals surface area contributed by atoms with Crippen LogP contribution in [-0.2, 0) is 16.1 Å². The monoisotopic (exact) mass is 394 g/mol. The Balaban J connectivity index is 1.57. The maximum absolute atomic E-state index is 12.5. The summed E-state index contributed by atoms with van der Waals surface area (Å²) in [4.78, 5) is 29.0. The molecule has 3 rings (SSSR count). The van der Waals surface area contributed by atoms with Crippen molar-refractivity contribution in [3.8, 4) is 0 Å². The second kappa shape index (κ2) is 8.22. The number of piperidine rings is 1. The van der Waals surface area contributed by atoms with E-state index < -0.39 is 0 Å². The molecule has 4 nitrogen and oxygen atoms in total. The van der Waals surface area contributed by atoms with E-state index in [-0.39, 0.29) is 22.5 Å². The molecule has 2 aliphatic heterocycles. The number of likely N-dealkylation sites (tertiary alicyclic amines) is 2. The van der Waals surface area contributed by atoms with Gasteiger partial charge >= 0.3 is 0 Å². The van der Waals surface area contributed by atoms with Crippen molar-refractivity contribution in [3.05, 3.63) is 34.9 Å². The number of carbonyl (C=O) groups is 2. The molecule has 2 aliphatic rings. The van der Waals surface area contributed by atoms with Crippen molar-refractivity contribution in [2.24, 2.45) is 5.41 Å². The Hall–Kier alpha value is -1.20. The highest BCUT2D eigenvalue weighted by molar-refractivity contribution is 8.00. The standard InChI is InChI=1S/C20H27ClN2O2S/c1-3-26-15(2)19(25)22-10-8-20(9-11-22)12-18(24)23(14-20)13-16-4-6-17(21)7-5-16/h4-7,15H,3,8-14H2,1-2H3/t15-/m1/s1. The lowest BCUT2D eigenvalue weighted by atomic mass is 9.77. The first-order valence-corrected chi connectivity index (χ1v) is 10.8. The zero-order chi connectivity index (χ0) is 18.7. The average molecular weight is 395 g/mol. The van der Waals surface area contributed by atoms with E-state index in [1.807, 2.05) is 41.0 Å². The first kappa shape index (κ1) is 19.6. The van der Waals surface area contributed by atoms with Crippen LogP contribution in [-0.4, -0.2) is 52.3 Å². The molecule has 2 heterocycles. The number of hydrogen-bond acceptors (Lipinski definition) is 3. The highest BCUT2D eigenvalue weighted by atomic mass is 35.5. The summed E-state index contributed by atoms with van der Waals surface area (Å²) in [5.74, 6) is 1.43.